The number of rotatable bonds is 5. The lowest BCUT2D eigenvalue weighted by Gasteiger charge is -2.11. The predicted molar refractivity (Wildman–Crippen MR) is 63.9 cm³/mol. The van der Waals surface area contributed by atoms with E-state index in [-0.39, 0.29) is 6.10 Å². The number of aliphatic hydroxyl groups excluding tert-OH is 2. The standard InChI is InChI=1S/C12H17ClO3/c1-8(14)5-6-16-12-4-3-10(9(2)15)7-11(12)13/h3-4,7-9,14-15H,5-6H2,1-2H3. The Morgan fingerprint density at radius 3 is 2.50 bits per heavy atom. The van der Waals surface area contributed by atoms with E-state index < -0.39 is 6.10 Å². The van der Waals surface area contributed by atoms with E-state index in [1.807, 2.05) is 0 Å². The van der Waals surface area contributed by atoms with Crippen LogP contribution in [0.1, 0.15) is 31.9 Å². The zero-order chi connectivity index (χ0) is 12.1. The molecule has 0 aromatic heterocycles. The summed E-state index contributed by atoms with van der Waals surface area (Å²) in [5, 5.41) is 18.9. The van der Waals surface area contributed by atoms with Crippen LogP contribution in [0.4, 0.5) is 0 Å². The Hall–Kier alpha value is -0.770. The third-order valence-electron chi connectivity index (χ3n) is 2.23. The van der Waals surface area contributed by atoms with Gasteiger partial charge >= 0.3 is 0 Å². The largest absolute Gasteiger partial charge is 0.492 e. The quantitative estimate of drug-likeness (QED) is 0.837. The normalized spacial score (nSPS) is 14.6. The topological polar surface area (TPSA) is 49.7 Å². The lowest BCUT2D eigenvalue weighted by Crippen LogP contribution is -2.07. The van der Waals surface area contributed by atoms with Gasteiger partial charge in [0.05, 0.1) is 23.8 Å². The fourth-order valence-electron chi connectivity index (χ4n) is 1.23. The highest BCUT2D eigenvalue weighted by Gasteiger charge is 2.06. The van der Waals surface area contributed by atoms with Crippen molar-refractivity contribution in [2.45, 2.75) is 32.5 Å². The van der Waals surface area contributed by atoms with Gasteiger partial charge in [-0.15, -0.1) is 0 Å². The van der Waals surface area contributed by atoms with Gasteiger partial charge in [0.2, 0.25) is 0 Å². The molecule has 0 saturated carbocycles. The summed E-state index contributed by atoms with van der Waals surface area (Å²) in [5.74, 6) is 0.576. The van der Waals surface area contributed by atoms with E-state index in [2.05, 4.69) is 0 Å². The maximum Gasteiger partial charge on any atom is 0.137 e. The third kappa shape index (κ3) is 4.00. The van der Waals surface area contributed by atoms with Crippen LogP contribution in [0.2, 0.25) is 5.02 Å². The van der Waals surface area contributed by atoms with Gasteiger partial charge in [-0.3, -0.25) is 0 Å². The summed E-state index contributed by atoms with van der Waals surface area (Å²) in [6.07, 6.45) is -0.353. The van der Waals surface area contributed by atoms with Crippen LogP contribution in [0.5, 0.6) is 5.75 Å². The van der Waals surface area contributed by atoms with E-state index >= 15 is 0 Å². The van der Waals surface area contributed by atoms with Crippen LogP contribution in [0.25, 0.3) is 0 Å². The van der Waals surface area contributed by atoms with Crippen LogP contribution in [0.3, 0.4) is 0 Å². The van der Waals surface area contributed by atoms with Crippen LogP contribution in [-0.2, 0) is 0 Å². The number of aliphatic hydroxyl groups is 2. The Bertz CT molecular complexity index is 337. The minimum atomic E-state index is -0.538. The van der Waals surface area contributed by atoms with Gasteiger partial charge in [0, 0.05) is 6.42 Å². The van der Waals surface area contributed by atoms with Crippen LogP contribution in [-0.4, -0.2) is 22.9 Å². The molecule has 2 N–H and O–H groups in total. The van der Waals surface area contributed by atoms with Crippen molar-refractivity contribution in [1.82, 2.24) is 0 Å². The number of halogens is 1. The van der Waals surface area contributed by atoms with Gasteiger partial charge in [0.15, 0.2) is 0 Å². The Balaban J connectivity index is 2.61. The minimum Gasteiger partial charge on any atom is -0.492 e. The van der Waals surface area contributed by atoms with E-state index in [4.69, 9.17) is 21.4 Å². The van der Waals surface area contributed by atoms with Crippen molar-refractivity contribution in [3.05, 3.63) is 28.8 Å². The number of hydrogen-bond donors (Lipinski definition) is 2. The highest BCUT2D eigenvalue weighted by atomic mass is 35.5. The van der Waals surface area contributed by atoms with Gasteiger partial charge in [-0.1, -0.05) is 17.7 Å². The molecule has 0 spiro atoms. The van der Waals surface area contributed by atoms with Gasteiger partial charge in [-0.25, -0.2) is 0 Å². The molecule has 0 radical (unpaired) electrons. The van der Waals surface area contributed by atoms with Crippen molar-refractivity contribution >= 4 is 11.6 Å². The summed E-state index contributed by atoms with van der Waals surface area (Å²) in [6.45, 7) is 3.81. The van der Waals surface area contributed by atoms with Crippen molar-refractivity contribution in [3.8, 4) is 5.75 Å². The molecule has 0 bridgehead atoms. The smallest absolute Gasteiger partial charge is 0.137 e. The monoisotopic (exact) mass is 244 g/mol. The summed E-state index contributed by atoms with van der Waals surface area (Å²) in [6, 6.07) is 5.19. The lowest BCUT2D eigenvalue weighted by atomic mass is 10.1. The summed E-state index contributed by atoms with van der Waals surface area (Å²) < 4.78 is 5.41. The average Bonchev–Trinajstić information content (AvgIpc) is 2.19. The number of hydrogen-bond acceptors (Lipinski definition) is 3. The Kier molecular flexibility index (Phi) is 5.06. The van der Waals surface area contributed by atoms with Crippen LogP contribution >= 0.6 is 11.6 Å². The second-order valence-electron chi connectivity index (χ2n) is 3.85. The van der Waals surface area contributed by atoms with Gasteiger partial charge in [-0.2, -0.15) is 0 Å². The highest BCUT2D eigenvalue weighted by Crippen LogP contribution is 2.27. The van der Waals surface area contributed by atoms with E-state index in [9.17, 15) is 5.11 Å². The molecular formula is C12H17ClO3. The summed E-state index contributed by atoms with van der Waals surface area (Å²) in [5.41, 5.74) is 0.757. The molecule has 1 aromatic carbocycles. The van der Waals surface area contributed by atoms with Crippen molar-refractivity contribution in [2.75, 3.05) is 6.61 Å². The zero-order valence-corrected chi connectivity index (χ0v) is 10.2. The first kappa shape index (κ1) is 13.3. The van der Waals surface area contributed by atoms with E-state index in [0.717, 1.165) is 5.56 Å². The molecule has 4 heteroatoms. The van der Waals surface area contributed by atoms with Crippen LogP contribution in [0.15, 0.2) is 18.2 Å². The first-order valence-electron chi connectivity index (χ1n) is 5.29. The molecule has 90 valence electrons. The van der Waals surface area contributed by atoms with Gasteiger partial charge in [0.25, 0.3) is 0 Å². The molecule has 1 aromatic rings. The average molecular weight is 245 g/mol. The molecule has 0 heterocycles. The molecule has 1 rings (SSSR count). The van der Waals surface area contributed by atoms with Crippen LogP contribution in [0, 0.1) is 0 Å². The fraction of sp³-hybridized carbons (Fsp3) is 0.500. The van der Waals surface area contributed by atoms with Gasteiger partial charge < -0.3 is 14.9 Å². The molecular weight excluding hydrogens is 228 g/mol. The van der Waals surface area contributed by atoms with Crippen molar-refractivity contribution in [1.29, 1.82) is 0 Å². The van der Waals surface area contributed by atoms with Gasteiger partial charge in [0.1, 0.15) is 5.75 Å². The Labute approximate surface area is 101 Å². The molecule has 3 nitrogen and oxygen atoms in total. The van der Waals surface area contributed by atoms with E-state index in [1.165, 1.54) is 0 Å². The SMILES string of the molecule is CC(O)CCOc1ccc(C(C)O)cc1Cl. The lowest BCUT2D eigenvalue weighted by molar-refractivity contribution is 0.155. The summed E-state index contributed by atoms with van der Waals surface area (Å²) >= 11 is 5.99. The summed E-state index contributed by atoms with van der Waals surface area (Å²) in [7, 11) is 0. The second-order valence-corrected chi connectivity index (χ2v) is 4.26. The molecule has 2 atom stereocenters. The first-order valence-corrected chi connectivity index (χ1v) is 5.67. The summed E-state index contributed by atoms with van der Waals surface area (Å²) in [4.78, 5) is 0. The van der Waals surface area contributed by atoms with Crippen molar-refractivity contribution < 1.29 is 14.9 Å². The number of ether oxygens (including phenoxy) is 1. The molecule has 0 fully saturated rings. The second kappa shape index (κ2) is 6.09. The zero-order valence-electron chi connectivity index (χ0n) is 9.48. The molecule has 0 aliphatic rings. The number of benzene rings is 1. The third-order valence-corrected chi connectivity index (χ3v) is 2.53. The molecule has 0 aliphatic carbocycles. The highest BCUT2D eigenvalue weighted by molar-refractivity contribution is 6.32. The Morgan fingerprint density at radius 1 is 1.31 bits per heavy atom. The minimum absolute atomic E-state index is 0.379. The van der Waals surface area contributed by atoms with E-state index in [1.54, 1.807) is 32.0 Å². The van der Waals surface area contributed by atoms with Crippen LogP contribution < -0.4 is 4.74 Å². The first-order chi connectivity index (χ1) is 7.50. The molecule has 0 amide bonds. The Morgan fingerprint density at radius 2 is 2.00 bits per heavy atom. The fourth-order valence-corrected chi connectivity index (χ4v) is 1.48. The molecule has 16 heavy (non-hydrogen) atoms. The maximum atomic E-state index is 9.36. The molecule has 0 aliphatic heterocycles. The molecule has 0 saturated heterocycles. The molecule has 2 unspecified atom stereocenters. The van der Waals surface area contributed by atoms with E-state index in [0.29, 0.717) is 23.8 Å². The van der Waals surface area contributed by atoms with Crippen molar-refractivity contribution in [2.24, 2.45) is 0 Å². The van der Waals surface area contributed by atoms with Crippen molar-refractivity contribution in [3.63, 3.8) is 0 Å². The predicted octanol–water partition coefficient (Wildman–Crippen LogP) is 2.54. The maximum absolute atomic E-state index is 9.36. The van der Waals surface area contributed by atoms with Gasteiger partial charge in [-0.05, 0) is 31.5 Å².